The first-order valence-electron chi connectivity index (χ1n) is 2.51. The minimum absolute atomic E-state index is 0.500. The molecule has 0 radical (unpaired) electrons. The Balaban J connectivity index is 2.16. The Morgan fingerprint density at radius 1 is 1.57 bits per heavy atom. The summed E-state index contributed by atoms with van der Waals surface area (Å²) in [5, 5.41) is 0. The number of rotatable bonds is 1. The molecule has 0 heterocycles. The molecular formula is C5H9BrO. The van der Waals surface area contributed by atoms with Crippen LogP contribution in [0.2, 0.25) is 0 Å². The second-order valence-electron chi connectivity index (χ2n) is 1.87. The average molecular weight is 165 g/mol. The lowest BCUT2D eigenvalue weighted by molar-refractivity contribution is 0.0502. The number of halogens is 1. The van der Waals surface area contributed by atoms with Crippen molar-refractivity contribution < 1.29 is 4.74 Å². The molecule has 1 rings (SSSR count). The van der Waals surface area contributed by atoms with Crippen LogP contribution in [0, 0.1) is 0 Å². The Morgan fingerprint density at radius 3 is 2.29 bits per heavy atom. The van der Waals surface area contributed by atoms with E-state index in [1.54, 1.807) is 7.11 Å². The maximum absolute atomic E-state index is 5.05. The summed E-state index contributed by atoms with van der Waals surface area (Å²) in [5.74, 6) is 0. The lowest BCUT2D eigenvalue weighted by Crippen LogP contribution is -2.33. The largest absolute Gasteiger partial charge is 0.380 e. The number of alkyl halides is 1. The van der Waals surface area contributed by atoms with E-state index in [0.717, 1.165) is 0 Å². The SMILES string of the molecule is CO[C@@H]1CC[C@H]1Br. The van der Waals surface area contributed by atoms with Gasteiger partial charge in [-0.1, -0.05) is 15.9 Å². The first kappa shape index (κ1) is 5.57. The fourth-order valence-corrected chi connectivity index (χ4v) is 1.44. The standard InChI is InChI=1S/C5H9BrO/c1-7-5-3-2-4(5)6/h4-5H,2-3H2,1H3/t4-,5-/m1/s1. The van der Waals surface area contributed by atoms with E-state index in [0.29, 0.717) is 10.9 Å². The molecule has 0 unspecified atom stereocenters. The highest BCUT2D eigenvalue weighted by atomic mass is 79.9. The molecule has 1 fully saturated rings. The van der Waals surface area contributed by atoms with Crippen LogP contribution in [0.25, 0.3) is 0 Å². The topological polar surface area (TPSA) is 9.23 Å². The highest BCUT2D eigenvalue weighted by Crippen LogP contribution is 2.28. The maximum Gasteiger partial charge on any atom is 0.0696 e. The monoisotopic (exact) mass is 164 g/mol. The van der Waals surface area contributed by atoms with Crippen LogP contribution in [-0.2, 0) is 4.74 Å². The van der Waals surface area contributed by atoms with Gasteiger partial charge in [0.2, 0.25) is 0 Å². The molecule has 42 valence electrons. The van der Waals surface area contributed by atoms with Crippen LogP contribution in [-0.4, -0.2) is 18.0 Å². The van der Waals surface area contributed by atoms with Gasteiger partial charge in [0.25, 0.3) is 0 Å². The normalized spacial score (nSPS) is 40.3. The van der Waals surface area contributed by atoms with Gasteiger partial charge in [0, 0.05) is 11.9 Å². The predicted octanol–water partition coefficient (Wildman–Crippen LogP) is 1.56. The highest BCUT2D eigenvalue weighted by Gasteiger charge is 2.27. The van der Waals surface area contributed by atoms with Gasteiger partial charge in [0.1, 0.15) is 0 Å². The molecule has 0 spiro atoms. The van der Waals surface area contributed by atoms with Crippen molar-refractivity contribution >= 4 is 15.9 Å². The van der Waals surface area contributed by atoms with Crippen molar-refractivity contribution in [3.05, 3.63) is 0 Å². The first-order chi connectivity index (χ1) is 3.34. The van der Waals surface area contributed by atoms with E-state index in [1.807, 2.05) is 0 Å². The molecule has 0 saturated heterocycles. The van der Waals surface area contributed by atoms with Crippen LogP contribution in [0.15, 0.2) is 0 Å². The maximum atomic E-state index is 5.05. The van der Waals surface area contributed by atoms with E-state index < -0.39 is 0 Å². The number of ether oxygens (including phenoxy) is 1. The third kappa shape index (κ3) is 0.970. The summed E-state index contributed by atoms with van der Waals surface area (Å²) in [6, 6.07) is 0. The van der Waals surface area contributed by atoms with Crippen molar-refractivity contribution in [2.24, 2.45) is 0 Å². The Morgan fingerprint density at radius 2 is 2.29 bits per heavy atom. The van der Waals surface area contributed by atoms with Crippen LogP contribution in [0.4, 0.5) is 0 Å². The Kier molecular flexibility index (Phi) is 1.70. The van der Waals surface area contributed by atoms with Gasteiger partial charge in [-0.15, -0.1) is 0 Å². The van der Waals surface area contributed by atoms with Crippen molar-refractivity contribution in [3.8, 4) is 0 Å². The van der Waals surface area contributed by atoms with Gasteiger partial charge in [-0.05, 0) is 12.8 Å². The molecule has 7 heavy (non-hydrogen) atoms. The molecule has 0 bridgehead atoms. The summed E-state index contributed by atoms with van der Waals surface area (Å²) in [6.45, 7) is 0. The van der Waals surface area contributed by atoms with Crippen molar-refractivity contribution in [2.75, 3.05) is 7.11 Å². The Hall–Kier alpha value is 0.440. The molecule has 1 nitrogen and oxygen atoms in total. The van der Waals surface area contributed by atoms with Gasteiger partial charge >= 0.3 is 0 Å². The van der Waals surface area contributed by atoms with E-state index in [4.69, 9.17) is 4.74 Å². The predicted molar refractivity (Wildman–Crippen MR) is 32.7 cm³/mol. The lowest BCUT2D eigenvalue weighted by Gasteiger charge is -2.30. The van der Waals surface area contributed by atoms with Crippen molar-refractivity contribution in [2.45, 2.75) is 23.8 Å². The van der Waals surface area contributed by atoms with Crippen molar-refractivity contribution in [1.82, 2.24) is 0 Å². The molecule has 0 aromatic carbocycles. The van der Waals surface area contributed by atoms with Gasteiger partial charge in [0.05, 0.1) is 6.10 Å². The summed E-state index contributed by atoms with van der Waals surface area (Å²) < 4.78 is 5.05. The lowest BCUT2D eigenvalue weighted by atomic mass is 9.96. The number of hydrogen-bond donors (Lipinski definition) is 0. The summed E-state index contributed by atoms with van der Waals surface area (Å²) >= 11 is 3.46. The fraction of sp³-hybridized carbons (Fsp3) is 1.00. The quantitative estimate of drug-likeness (QED) is 0.535. The smallest absolute Gasteiger partial charge is 0.0696 e. The zero-order valence-electron chi connectivity index (χ0n) is 4.36. The molecule has 0 aliphatic heterocycles. The molecule has 2 atom stereocenters. The summed E-state index contributed by atoms with van der Waals surface area (Å²) in [7, 11) is 1.76. The van der Waals surface area contributed by atoms with Crippen molar-refractivity contribution in [1.29, 1.82) is 0 Å². The number of hydrogen-bond acceptors (Lipinski definition) is 1. The molecular weight excluding hydrogens is 156 g/mol. The Bertz CT molecular complexity index is 63.1. The van der Waals surface area contributed by atoms with Gasteiger partial charge < -0.3 is 4.74 Å². The molecule has 0 amide bonds. The second kappa shape index (κ2) is 2.14. The van der Waals surface area contributed by atoms with Gasteiger partial charge in [-0.3, -0.25) is 0 Å². The molecule has 0 aromatic rings. The Labute approximate surface area is 52.2 Å². The van der Waals surface area contributed by atoms with E-state index in [-0.39, 0.29) is 0 Å². The van der Waals surface area contributed by atoms with Crippen LogP contribution in [0.1, 0.15) is 12.8 Å². The molecule has 1 aliphatic rings. The zero-order chi connectivity index (χ0) is 5.28. The fourth-order valence-electron chi connectivity index (χ4n) is 0.694. The molecule has 1 aliphatic carbocycles. The molecule has 1 saturated carbocycles. The highest BCUT2D eigenvalue weighted by molar-refractivity contribution is 9.09. The minimum atomic E-state index is 0.500. The van der Waals surface area contributed by atoms with E-state index in [1.165, 1.54) is 12.8 Å². The molecule has 0 aromatic heterocycles. The molecule has 0 N–H and O–H groups in total. The van der Waals surface area contributed by atoms with Crippen LogP contribution < -0.4 is 0 Å². The summed E-state index contributed by atoms with van der Waals surface area (Å²) in [6.07, 6.45) is 3.00. The van der Waals surface area contributed by atoms with Gasteiger partial charge in [-0.2, -0.15) is 0 Å². The summed E-state index contributed by atoms with van der Waals surface area (Å²) in [4.78, 5) is 0.637. The van der Waals surface area contributed by atoms with Gasteiger partial charge in [0.15, 0.2) is 0 Å². The zero-order valence-corrected chi connectivity index (χ0v) is 5.94. The van der Waals surface area contributed by atoms with Crippen LogP contribution in [0.3, 0.4) is 0 Å². The third-order valence-corrected chi connectivity index (χ3v) is 2.48. The molecule has 2 heteroatoms. The van der Waals surface area contributed by atoms with E-state index >= 15 is 0 Å². The van der Waals surface area contributed by atoms with E-state index in [2.05, 4.69) is 15.9 Å². The van der Waals surface area contributed by atoms with Gasteiger partial charge in [-0.25, -0.2) is 0 Å². The second-order valence-corrected chi connectivity index (χ2v) is 3.04. The summed E-state index contributed by atoms with van der Waals surface area (Å²) in [5.41, 5.74) is 0. The van der Waals surface area contributed by atoms with E-state index in [9.17, 15) is 0 Å². The number of methoxy groups -OCH3 is 1. The third-order valence-electron chi connectivity index (χ3n) is 1.43. The van der Waals surface area contributed by atoms with Crippen LogP contribution >= 0.6 is 15.9 Å². The minimum Gasteiger partial charge on any atom is -0.380 e. The average Bonchev–Trinajstić information content (AvgIpc) is 1.65. The van der Waals surface area contributed by atoms with Crippen LogP contribution in [0.5, 0.6) is 0 Å². The first-order valence-corrected chi connectivity index (χ1v) is 3.43. The van der Waals surface area contributed by atoms with Crippen molar-refractivity contribution in [3.63, 3.8) is 0 Å².